The minimum Gasteiger partial charge on any atom is -0.444 e. The number of hydrogen-bond donors (Lipinski definition) is 3. The number of benzene rings is 1. The molecular weight excluding hydrogens is 486 g/mol. The van der Waals surface area contributed by atoms with Crippen molar-refractivity contribution < 1.29 is 23.9 Å². The summed E-state index contributed by atoms with van der Waals surface area (Å²) in [5.74, 6) is -1.06. The van der Waals surface area contributed by atoms with Gasteiger partial charge in [0.05, 0.1) is 11.5 Å². The molecule has 0 bridgehead atoms. The normalized spacial score (nSPS) is 23.9. The zero-order valence-electron chi connectivity index (χ0n) is 22.7. The molecule has 1 aromatic carbocycles. The summed E-state index contributed by atoms with van der Waals surface area (Å²) in [6.45, 7) is 8.86. The summed E-state index contributed by atoms with van der Waals surface area (Å²) in [5, 5.41) is 18.3. The molecule has 0 unspecified atom stereocenters. The van der Waals surface area contributed by atoms with Crippen LogP contribution in [0.2, 0.25) is 0 Å². The minimum absolute atomic E-state index is 0.0632. The van der Waals surface area contributed by atoms with Gasteiger partial charge in [-0.1, -0.05) is 44.9 Å². The van der Waals surface area contributed by atoms with Crippen LogP contribution < -0.4 is 16.0 Å². The van der Waals surface area contributed by atoms with Gasteiger partial charge in [-0.15, -0.1) is 0 Å². The van der Waals surface area contributed by atoms with Crippen LogP contribution in [-0.4, -0.2) is 59.0 Å². The van der Waals surface area contributed by atoms with Gasteiger partial charge in [-0.25, -0.2) is 4.79 Å². The van der Waals surface area contributed by atoms with Gasteiger partial charge in [0, 0.05) is 18.7 Å². The first-order valence-electron chi connectivity index (χ1n) is 13.3. The van der Waals surface area contributed by atoms with Crippen LogP contribution in [0.1, 0.15) is 65.9 Å². The molecule has 1 saturated heterocycles. The van der Waals surface area contributed by atoms with Crippen molar-refractivity contribution in [2.24, 2.45) is 11.8 Å². The van der Waals surface area contributed by atoms with E-state index in [0.29, 0.717) is 18.0 Å². The van der Waals surface area contributed by atoms with Gasteiger partial charge in [-0.05, 0) is 50.7 Å². The van der Waals surface area contributed by atoms with E-state index in [1.54, 1.807) is 34.6 Å². The number of carbonyl (C=O) groups is 4. The highest BCUT2D eigenvalue weighted by molar-refractivity contribution is 6.07. The maximum absolute atomic E-state index is 13.9. The molecule has 3 aliphatic rings. The largest absolute Gasteiger partial charge is 0.444 e. The summed E-state index contributed by atoms with van der Waals surface area (Å²) < 4.78 is 5.32. The number of hydrogen-bond acceptors (Lipinski definition) is 6. The van der Waals surface area contributed by atoms with E-state index in [9.17, 15) is 24.4 Å². The van der Waals surface area contributed by atoms with Crippen LogP contribution in [0, 0.1) is 23.2 Å². The fraction of sp³-hybridized carbons (Fsp3) is 0.607. The predicted molar refractivity (Wildman–Crippen MR) is 140 cm³/mol. The molecule has 4 amide bonds. The first-order valence-corrected chi connectivity index (χ1v) is 13.3. The number of ether oxygens (including phenoxy) is 1. The summed E-state index contributed by atoms with van der Waals surface area (Å²) in [4.78, 5) is 54.2. The third-order valence-electron chi connectivity index (χ3n) is 7.42. The number of para-hydroxylation sites is 1. The predicted octanol–water partition coefficient (Wildman–Crippen LogP) is 2.84. The van der Waals surface area contributed by atoms with E-state index in [1.807, 2.05) is 24.3 Å². The van der Waals surface area contributed by atoms with Crippen LogP contribution in [0.25, 0.3) is 0 Å². The number of alkyl carbamates (subject to hydrolysis) is 1. The lowest BCUT2D eigenvalue weighted by Gasteiger charge is -2.30. The number of rotatable bonds is 7. The van der Waals surface area contributed by atoms with E-state index in [1.165, 1.54) is 4.90 Å². The Morgan fingerprint density at radius 1 is 1.21 bits per heavy atom. The number of anilines is 1. The molecule has 4 atom stereocenters. The zero-order chi connectivity index (χ0) is 27.8. The molecule has 1 aromatic rings. The van der Waals surface area contributed by atoms with Crippen molar-refractivity contribution in [2.45, 2.75) is 89.4 Å². The number of fused-ring (bicyclic) bond motifs is 2. The van der Waals surface area contributed by atoms with Crippen molar-refractivity contribution in [3.8, 4) is 6.07 Å². The van der Waals surface area contributed by atoms with E-state index in [4.69, 9.17) is 4.74 Å². The fourth-order valence-corrected chi connectivity index (χ4v) is 5.33. The Morgan fingerprint density at radius 2 is 1.89 bits per heavy atom. The second kappa shape index (κ2) is 10.3. The Labute approximate surface area is 223 Å². The molecule has 10 nitrogen and oxygen atoms in total. The molecule has 1 spiro atoms. The van der Waals surface area contributed by atoms with Gasteiger partial charge in [0.2, 0.25) is 17.7 Å². The van der Waals surface area contributed by atoms with Crippen LogP contribution in [0.3, 0.4) is 0 Å². The van der Waals surface area contributed by atoms with Gasteiger partial charge >= 0.3 is 6.09 Å². The average Bonchev–Trinajstić information content (AvgIpc) is 3.50. The molecule has 4 rings (SSSR count). The molecule has 3 N–H and O–H groups in total. The standard InChI is InChI=1S/C28H37N5O5/c1-16(2)22(32-26(37)38-27(3,4)5)23(34)30-21(12-17-10-11-17)24(35)33-15-28(13-18(33)14-29)19-8-6-7-9-20(19)31-25(28)36/h6-9,16-18,21-22H,10-13,15H2,1-5H3,(H,30,34)(H,31,36)(H,32,37)/t18-,21-,22-,28-/m0/s1. The van der Waals surface area contributed by atoms with Crippen LogP contribution in [0.5, 0.6) is 0 Å². The van der Waals surface area contributed by atoms with Gasteiger partial charge in [0.25, 0.3) is 0 Å². The molecule has 10 heteroatoms. The monoisotopic (exact) mass is 523 g/mol. The quantitative estimate of drug-likeness (QED) is 0.502. The van der Waals surface area contributed by atoms with E-state index in [0.717, 1.165) is 18.4 Å². The number of carbonyl (C=O) groups excluding carboxylic acids is 4. The van der Waals surface area contributed by atoms with Gasteiger partial charge in [-0.3, -0.25) is 14.4 Å². The number of nitriles is 1. The van der Waals surface area contributed by atoms with Crippen molar-refractivity contribution in [2.75, 3.05) is 11.9 Å². The molecule has 204 valence electrons. The van der Waals surface area contributed by atoms with Gasteiger partial charge in [0.1, 0.15) is 23.7 Å². The van der Waals surface area contributed by atoms with Crippen molar-refractivity contribution >= 4 is 29.5 Å². The highest BCUT2D eigenvalue weighted by Crippen LogP contribution is 2.46. The SMILES string of the molecule is CC(C)[C@H](NC(=O)OC(C)(C)C)C(=O)N[C@@H](CC1CC1)C(=O)N1C[C@]2(C[C@H]1C#N)C(=O)Nc1ccccc12. The van der Waals surface area contributed by atoms with Crippen LogP contribution in [-0.2, 0) is 24.5 Å². The van der Waals surface area contributed by atoms with Crippen molar-refractivity contribution in [3.05, 3.63) is 29.8 Å². The Hall–Kier alpha value is -3.61. The topological polar surface area (TPSA) is 141 Å². The number of nitrogens with one attached hydrogen (secondary N) is 3. The lowest BCUT2D eigenvalue weighted by atomic mass is 9.80. The van der Waals surface area contributed by atoms with Crippen molar-refractivity contribution in [3.63, 3.8) is 0 Å². The Morgan fingerprint density at radius 3 is 2.50 bits per heavy atom. The molecule has 2 fully saturated rings. The summed E-state index contributed by atoms with van der Waals surface area (Å²) in [6, 6.07) is 6.95. The molecule has 38 heavy (non-hydrogen) atoms. The molecular formula is C28H37N5O5. The summed E-state index contributed by atoms with van der Waals surface area (Å²) in [6.07, 6.45) is 1.84. The van der Waals surface area contributed by atoms with Gasteiger partial charge in [-0.2, -0.15) is 5.26 Å². The number of amides is 4. The van der Waals surface area contributed by atoms with Crippen LogP contribution >= 0.6 is 0 Å². The lowest BCUT2D eigenvalue weighted by molar-refractivity contribution is -0.137. The van der Waals surface area contributed by atoms with E-state index in [-0.39, 0.29) is 30.7 Å². The molecule has 1 aliphatic carbocycles. The summed E-state index contributed by atoms with van der Waals surface area (Å²) in [7, 11) is 0. The first-order chi connectivity index (χ1) is 17.8. The molecule has 0 aromatic heterocycles. The number of likely N-dealkylation sites (tertiary alicyclic amines) is 1. The zero-order valence-corrected chi connectivity index (χ0v) is 22.7. The maximum atomic E-state index is 13.9. The lowest BCUT2D eigenvalue weighted by Crippen LogP contribution is -2.57. The van der Waals surface area contributed by atoms with Gasteiger partial charge < -0.3 is 25.6 Å². The van der Waals surface area contributed by atoms with Crippen molar-refractivity contribution in [1.82, 2.24) is 15.5 Å². The average molecular weight is 524 g/mol. The van der Waals surface area contributed by atoms with Crippen LogP contribution in [0.15, 0.2) is 24.3 Å². The Balaban J connectivity index is 1.54. The third-order valence-corrected chi connectivity index (χ3v) is 7.42. The van der Waals surface area contributed by atoms with Crippen LogP contribution in [0.4, 0.5) is 10.5 Å². The Kier molecular flexibility index (Phi) is 7.42. The highest BCUT2D eigenvalue weighted by atomic mass is 16.6. The molecule has 1 saturated carbocycles. The highest BCUT2D eigenvalue weighted by Gasteiger charge is 2.56. The summed E-state index contributed by atoms with van der Waals surface area (Å²) >= 11 is 0. The minimum atomic E-state index is -1.00. The second-order valence-electron chi connectivity index (χ2n) is 12.0. The van der Waals surface area contributed by atoms with Crippen molar-refractivity contribution in [1.29, 1.82) is 5.26 Å². The van der Waals surface area contributed by atoms with E-state index in [2.05, 4.69) is 22.0 Å². The fourth-order valence-electron chi connectivity index (χ4n) is 5.33. The molecule has 0 radical (unpaired) electrons. The van der Waals surface area contributed by atoms with Gasteiger partial charge in [0.15, 0.2) is 0 Å². The number of nitrogens with zero attached hydrogens (tertiary/aromatic N) is 2. The van der Waals surface area contributed by atoms with E-state index < -0.39 is 41.1 Å². The smallest absolute Gasteiger partial charge is 0.408 e. The third kappa shape index (κ3) is 5.62. The molecule has 2 heterocycles. The first kappa shape index (κ1) is 27.4. The second-order valence-corrected chi connectivity index (χ2v) is 12.0. The summed E-state index contributed by atoms with van der Waals surface area (Å²) in [5.41, 5.74) is -0.251. The Bertz CT molecular complexity index is 1160. The molecule has 2 aliphatic heterocycles. The van der Waals surface area contributed by atoms with E-state index >= 15 is 0 Å². The maximum Gasteiger partial charge on any atom is 0.408 e.